The number of halogens is 3. The Bertz CT molecular complexity index is 986. The third kappa shape index (κ3) is 4.75. The Balaban J connectivity index is 1.94. The number of aromatic nitrogens is 2. The molecule has 0 N–H and O–H groups in total. The van der Waals surface area contributed by atoms with Gasteiger partial charge < -0.3 is 4.74 Å². The monoisotopic (exact) mass is 424 g/mol. The number of carbonyl (C=O) groups is 1. The molecule has 0 bridgehead atoms. The van der Waals surface area contributed by atoms with E-state index in [4.69, 9.17) is 39.5 Å². The first-order valence-electron chi connectivity index (χ1n) is 8.44. The molecule has 0 saturated heterocycles. The molecule has 0 unspecified atom stereocenters. The van der Waals surface area contributed by atoms with E-state index in [-0.39, 0.29) is 12.4 Å². The number of fused-ring (bicyclic) bond motifs is 1. The lowest BCUT2D eigenvalue weighted by Gasteiger charge is -2.19. The highest BCUT2D eigenvalue weighted by Gasteiger charge is 2.18. The molecule has 0 spiro atoms. The first-order valence-corrected chi connectivity index (χ1v) is 9.57. The van der Waals surface area contributed by atoms with Gasteiger partial charge in [-0.2, -0.15) is 5.10 Å². The van der Waals surface area contributed by atoms with Gasteiger partial charge in [0.2, 0.25) is 0 Å². The third-order valence-corrected chi connectivity index (χ3v) is 4.90. The second-order valence-corrected chi connectivity index (χ2v) is 8.44. The molecule has 1 aromatic heterocycles. The van der Waals surface area contributed by atoms with E-state index in [9.17, 15) is 4.79 Å². The Kier molecular flexibility index (Phi) is 5.71. The maximum atomic E-state index is 12.1. The molecule has 2 aromatic carbocycles. The van der Waals surface area contributed by atoms with Gasteiger partial charge >= 0.3 is 5.97 Å². The third-order valence-electron chi connectivity index (χ3n) is 3.91. The Morgan fingerprint density at radius 1 is 1.11 bits per heavy atom. The topological polar surface area (TPSA) is 44.1 Å². The van der Waals surface area contributed by atoms with Gasteiger partial charge in [-0.05, 0) is 50.6 Å². The molecule has 142 valence electrons. The fourth-order valence-electron chi connectivity index (χ4n) is 2.79. The normalized spacial score (nSPS) is 11.8. The zero-order valence-electron chi connectivity index (χ0n) is 15.2. The van der Waals surface area contributed by atoms with Crippen molar-refractivity contribution in [1.29, 1.82) is 0 Å². The molecule has 7 heteroatoms. The largest absolute Gasteiger partial charge is 0.460 e. The van der Waals surface area contributed by atoms with Gasteiger partial charge in [0, 0.05) is 21.0 Å². The number of hydrogen-bond acceptors (Lipinski definition) is 3. The van der Waals surface area contributed by atoms with Crippen molar-refractivity contribution in [3.63, 3.8) is 0 Å². The van der Waals surface area contributed by atoms with E-state index >= 15 is 0 Å². The number of esters is 1. The summed E-state index contributed by atoms with van der Waals surface area (Å²) in [6.45, 7) is 5.90. The summed E-state index contributed by atoms with van der Waals surface area (Å²) in [5, 5.41) is 6.70. The molecule has 3 aromatic rings. The van der Waals surface area contributed by atoms with Crippen LogP contribution in [0.4, 0.5) is 0 Å². The summed E-state index contributed by atoms with van der Waals surface area (Å²) in [7, 11) is 0. The lowest BCUT2D eigenvalue weighted by molar-refractivity contribution is -0.153. The standard InChI is InChI=1S/C20H19Cl3N2O2/c1-20(2,3)27-18(26)10-12-7-8-13-17(9-12)25(24-19(13)23)11-14-15(21)5-4-6-16(14)22/h4-9H,10-11H2,1-3H3. The van der Waals surface area contributed by atoms with E-state index in [2.05, 4.69) is 5.10 Å². The van der Waals surface area contributed by atoms with Gasteiger partial charge in [0.05, 0.1) is 18.5 Å². The van der Waals surface area contributed by atoms with Crippen molar-refractivity contribution in [2.75, 3.05) is 0 Å². The van der Waals surface area contributed by atoms with Crippen LogP contribution < -0.4 is 0 Å². The molecule has 0 fully saturated rings. The van der Waals surface area contributed by atoms with Gasteiger partial charge in [-0.3, -0.25) is 9.48 Å². The maximum absolute atomic E-state index is 12.1. The lowest BCUT2D eigenvalue weighted by Crippen LogP contribution is -2.24. The summed E-state index contributed by atoms with van der Waals surface area (Å²) >= 11 is 18.8. The molecule has 0 aliphatic rings. The van der Waals surface area contributed by atoms with E-state index < -0.39 is 5.60 Å². The number of ether oxygens (including phenoxy) is 1. The van der Waals surface area contributed by atoms with Crippen LogP contribution in [0, 0.1) is 0 Å². The van der Waals surface area contributed by atoms with Crippen LogP contribution in [-0.2, 0) is 22.5 Å². The fourth-order valence-corrected chi connectivity index (χ4v) is 3.55. The van der Waals surface area contributed by atoms with Gasteiger partial charge in [-0.1, -0.05) is 46.9 Å². The van der Waals surface area contributed by atoms with Crippen LogP contribution in [0.1, 0.15) is 31.9 Å². The molecule has 4 nitrogen and oxygen atoms in total. The average Bonchev–Trinajstić information content (AvgIpc) is 2.85. The minimum atomic E-state index is -0.521. The average molecular weight is 426 g/mol. The second-order valence-electron chi connectivity index (χ2n) is 7.26. The first kappa shape index (κ1) is 20.0. The molecule has 3 rings (SSSR count). The van der Waals surface area contributed by atoms with Crippen molar-refractivity contribution < 1.29 is 9.53 Å². The van der Waals surface area contributed by atoms with E-state index in [1.807, 2.05) is 39.0 Å². The van der Waals surface area contributed by atoms with E-state index in [0.717, 1.165) is 22.0 Å². The van der Waals surface area contributed by atoms with Gasteiger partial charge in [0.1, 0.15) is 5.60 Å². The molecule has 0 aliphatic heterocycles. The predicted octanol–water partition coefficient (Wildman–Crippen LogP) is 5.93. The second kappa shape index (κ2) is 7.70. The first-order chi connectivity index (χ1) is 12.6. The molecule has 0 saturated carbocycles. The lowest BCUT2D eigenvalue weighted by atomic mass is 10.1. The summed E-state index contributed by atoms with van der Waals surface area (Å²) in [5.41, 5.74) is 1.86. The minimum absolute atomic E-state index is 0.170. The number of hydrogen-bond donors (Lipinski definition) is 0. The summed E-state index contributed by atoms with van der Waals surface area (Å²) in [4.78, 5) is 12.1. The Morgan fingerprint density at radius 2 is 1.78 bits per heavy atom. The van der Waals surface area contributed by atoms with Gasteiger partial charge in [-0.15, -0.1) is 0 Å². The van der Waals surface area contributed by atoms with Crippen LogP contribution in [-0.4, -0.2) is 21.4 Å². The summed E-state index contributed by atoms with van der Waals surface area (Å²) in [6.07, 6.45) is 0.170. The highest BCUT2D eigenvalue weighted by molar-refractivity contribution is 6.36. The van der Waals surface area contributed by atoms with E-state index in [0.29, 0.717) is 21.7 Å². The summed E-state index contributed by atoms with van der Waals surface area (Å²) in [6, 6.07) is 11.0. The van der Waals surface area contributed by atoms with Crippen molar-refractivity contribution in [2.45, 2.75) is 39.3 Å². The number of carbonyl (C=O) groups excluding carboxylic acids is 1. The molecule has 0 radical (unpaired) electrons. The predicted molar refractivity (Wildman–Crippen MR) is 110 cm³/mol. The van der Waals surface area contributed by atoms with Gasteiger partial charge in [0.25, 0.3) is 0 Å². The number of rotatable bonds is 4. The van der Waals surface area contributed by atoms with Crippen molar-refractivity contribution >= 4 is 51.7 Å². The highest BCUT2D eigenvalue weighted by Crippen LogP contribution is 2.29. The van der Waals surface area contributed by atoms with Crippen LogP contribution in [0.15, 0.2) is 36.4 Å². The molecular weight excluding hydrogens is 407 g/mol. The SMILES string of the molecule is CC(C)(C)OC(=O)Cc1ccc2c(Cl)nn(Cc3c(Cl)cccc3Cl)c2c1. The van der Waals surface area contributed by atoms with Gasteiger partial charge in [0.15, 0.2) is 5.15 Å². The molecule has 0 atom stereocenters. The van der Waals surface area contributed by atoms with Gasteiger partial charge in [-0.25, -0.2) is 0 Å². The van der Waals surface area contributed by atoms with Crippen LogP contribution in [0.25, 0.3) is 10.9 Å². The Labute approximate surface area is 173 Å². The van der Waals surface area contributed by atoms with Crippen LogP contribution in [0.2, 0.25) is 15.2 Å². The zero-order chi connectivity index (χ0) is 19.8. The molecular formula is C20H19Cl3N2O2. The van der Waals surface area contributed by atoms with Crippen molar-refractivity contribution in [2.24, 2.45) is 0 Å². The zero-order valence-corrected chi connectivity index (χ0v) is 17.5. The highest BCUT2D eigenvalue weighted by atomic mass is 35.5. The quantitative estimate of drug-likeness (QED) is 0.487. The van der Waals surface area contributed by atoms with Crippen LogP contribution >= 0.6 is 34.8 Å². The number of benzene rings is 2. The molecule has 1 heterocycles. The van der Waals surface area contributed by atoms with Crippen molar-refractivity contribution in [3.8, 4) is 0 Å². The smallest absolute Gasteiger partial charge is 0.310 e. The van der Waals surface area contributed by atoms with Crippen molar-refractivity contribution in [3.05, 3.63) is 62.7 Å². The summed E-state index contributed by atoms with van der Waals surface area (Å²) in [5.74, 6) is -0.284. The van der Waals surface area contributed by atoms with Crippen LogP contribution in [0.3, 0.4) is 0 Å². The maximum Gasteiger partial charge on any atom is 0.310 e. The Morgan fingerprint density at radius 3 is 2.41 bits per heavy atom. The molecule has 0 aliphatic carbocycles. The summed E-state index contributed by atoms with van der Waals surface area (Å²) < 4.78 is 7.13. The minimum Gasteiger partial charge on any atom is -0.460 e. The van der Waals surface area contributed by atoms with Crippen molar-refractivity contribution in [1.82, 2.24) is 9.78 Å². The Hall–Kier alpha value is -1.75. The van der Waals surface area contributed by atoms with Crippen LogP contribution in [0.5, 0.6) is 0 Å². The number of nitrogens with zero attached hydrogens (tertiary/aromatic N) is 2. The van der Waals surface area contributed by atoms with E-state index in [1.165, 1.54) is 0 Å². The molecule has 27 heavy (non-hydrogen) atoms. The van der Waals surface area contributed by atoms with E-state index in [1.54, 1.807) is 22.9 Å². The fraction of sp³-hybridized carbons (Fsp3) is 0.300. The molecule has 0 amide bonds.